The zero-order valence-electron chi connectivity index (χ0n) is 37.5. The van der Waals surface area contributed by atoms with Crippen molar-refractivity contribution < 1.29 is 4.74 Å². The minimum atomic E-state index is -0.856. The number of ether oxygens (including phenoxy) is 1. The van der Waals surface area contributed by atoms with Crippen LogP contribution in [-0.4, -0.2) is 23.7 Å². The first kappa shape index (κ1) is 38.8. The summed E-state index contributed by atoms with van der Waals surface area (Å²) in [5.74, 6) is 1.45. The van der Waals surface area contributed by atoms with Crippen LogP contribution in [0.1, 0.15) is 38.9 Å². The fraction of sp³-hybridized carbons (Fsp3) is 0.0161. The topological polar surface area (TPSA) is 121 Å². The number of nitriles is 3. The first-order valence-corrected chi connectivity index (χ1v) is 23.3. The summed E-state index contributed by atoms with van der Waals surface area (Å²) in [6.45, 7) is 0. The number of para-hydroxylation sites is 3. The molecule has 1 aliphatic carbocycles. The largest absolute Gasteiger partial charge is 0.457 e. The third-order valence-corrected chi connectivity index (χ3v) is 14.8. The highest BCUT2D eigenvalue weighted by Crippen LogP contribution is 2.62. The molecule has 9 heteroatoms. The summed E-state index contributed by atoms with van der Waals surface area (Å²) in [6, 6.07) is 69.0. The highest BCUT2D eigenvalue weighted by molar-refractivity contribution is 6.13. The second-order valence-electron chi connectivity index (χ2n) is 18.3. The number of benzene rings is 8. The van der Waals surface area contributed by atoms with E-state index in [-0.39, 0.29) is 0 Å². The summed E-state index contributed by atoms with van der Waals surface area (Å²) in [5.41, 5.74) is 15.3. The molecule has 326 valence electrons. The van der Waals surface area contributed by atoms with E-state index < -0.39 is 5.41 Å². The number of rotatable bonds is 3. The van der Waals surface area contributed by atoms with Crippen molar-refractivity contribution in [1.29, 1.82) is 15.8 Å². The Kier molecular flexibility index (Phi) is 7.72. The molecule has 0 N–H and O–H groups in total. The molecular weight excluding hydrogens is 873 g/mol. The van der Waals surface area contributed by atoms with E-state index in [4.69, 9.17) is 14.7 Å². The summed E-state index contributed by atoms with van der Waals surface area (Å²) in [5, 5.41) is 36.0. The molecule has 15 rings (SSSR count). The van der Waals surface area contributed by atoms with Gasteiger partial charge in [-0.3, -0.25) is 9.97 Å². The van der Waals surface area contributed by atoms with E-state index in [2.05, 4.69) is 117 Å². The summed E-state index contributed by atoms with van der Waals surface area (Å²) in [4.78, 5) is 10.3. The van der Waals surface area contributed by atoms with Gasteiger partial charge >= 0.3 is 0 Å². The molecule has 6 heterocycles. The summed E-state index contributed by atoms with van der Waals surface area (Å²) < 4.78 is 13.8. The molecule has 0 fully saturated rings. The van der Waals surface area contributed by atoms with Gasteiger partial charge in [-0.15, -0.1) is 0 Å². The van der Waals surface area contributed by atoms with Gasteiger partial charge in [0.15, 0.2) is 0 Å². The predicted octanol–water partition coefficient (Wildman–Crippen LogP) is 13.9. The van der Waals surface area contributed by atoms with E-state index >= 15 is 0 Å². The van der Waals surface area contributed by atoms with Crippen LogP contribution in [0, 0.1) is 34.0 Å². The number of pyridine rings is 2. The number of aromatic nitrogens is 5. The van der Waals surface area contributed by atoms with Gasteiger partial charge in [0.1, 0.15) is 11.5 Å². The van der Waals surface area contributed by atoms with Crippen LogP contribution in [0.2, 0.25) is 0 Å². The SMILES string of the molecule is N#Cc1ccc2c(c1)c1ccccc1n2-c1cnc2c(c1)C1(c3ccccc3Oc3cc(-n4c5ccc(C#N)cc5c5cc(-n6c7ccccc7c7cc(C#N)ccc76)ccc54)ccc31)c1cccnc1-2. The number of fused-ring (bicyclic) bond motifs is 18. The lowest BCUT2D eigenvalue weighted by Crippen LogP contribution is -2.32. The third kappa shape index (κ3) is 5.09. The molecule has 8 aromatic carbocycles. The number of hydrogen-bond donors (Lipinski definition) is 0. The molecule has 1 spiro atoms. The van der Waals surface area contributed by atoms with Crippen LogP contribution in [0.3, 0.4) is 0 Å². The Balaban J connectivity index is 0.960. The van der Waals surface area contributed by atoms with Crippen molar-refractivity contribution >= 4 is 65.4 Å². The molecule has 0 radical (unpaired) electrons. The van der Waals surface area contributed by atoms with E-state index in [9.17, 15) is 15.8 Å². The van der Waals surface area contributed by atoms with Crippen molar-refractivity contribution in [2.45, 2.75) is 5.41 Å². The van der Waals surface area contributed by atoms with Crippen molar-refractivity contribution in [3.63, 3.8) is 0 Å². The van der Waals surface area contributed by atoms with E-state index in [0.29, 0.717) is 22.4 Å². The zero-order chi connectivity index (χ0) is 47.1. The van der Waals surface area contributed by atoms with Crippen LogP contribution < -0.4 is 4.74 Å². The Labute approximate surface area is 404 Å². The third-order valence-electron chi connectivity index (χ3n) is 14.8. The van der Waals surface area contributed by atoms with Crippen molar-refractivity contribution in [3.05, 3.63) is 233 Å². The van der Waals surface area contributed by atoms with Crippen LogP contribution in [0.5, 0.6) is 11.5 Å². The predicted molar refractivity (Wildman–Crippen MR) is 277 cm³/mol. The monoisotopic (exact) mass is 904 g/mol. The van der Waals surface area contributed by atoms with Gasteiger partial charge < -0.3 is 18.4 Å². The first-order valence-electron chi connectivity index (χ1n) is 23.3. The van der Waals surface area contributed by atoms with E-state index in [1.807, 2.05) is 109 Å². The lowest BCUT2D eigenvalue weighted by Gasteiger charge is -2.39. The normalized spacial score (nSPS) is 14.3. The van der Waals surface area contributed by atoms with Gasteiger partial charge in [-0.1, -0.05) is 66.7 Å². The molecule has 71 heavy (non-hydrogen) atoms. The fourth-order valence-electron chi connectivity index (χ4n) is 12.0. The van der Waals surface area contributed by atoms with E-state index in [1.165, 1.54) is 0 Å². The molecule has 0 saturated heterocycles. The minimum absolute atomic E-state index is 0.572. The lowest BCUT2D eigenvalue weighted by atomic mass is 9.66. The molecular formula is C62H32N8O. The highest BCUT2D eigenvalue weighted by atomic mass is 16.5. The van der Waals surface area contributed by atoms with Crippen LogP contribution in [0.15, 0.2) is 194 Å². The first-order chi connectivity index (χ1) is 35.0. The minimum Gasteiger partial charge on any atom is -0.457 e. The maximum atomic E-state index is 10.2. The Hall–Kier alpha value is -10.3. The fourth-order valence-corrected chi connectivity index (χ4v) is 12.0. The molecule has 1 unspecified atom stereocenters. The molecule has 13 aromatic rings. The quantitative estimate of drug-likeness (QED) is 0.174. The van der Waals surface area contributed by atoms with Gasteiger partial charge in [0, 0.05) is 72.6 Å². The Morgan fingerprint density at radius 2 is 0.845 bits per heavy atom. The maximum absolute atomic E-state index is 10.2. The summed E-state index contributed by atoms with van der Waals surface area (Å²) in [6.07, 6.45) is 3.77. The van der Waals surface area contributed by atoms with Gasteiger partial charge in [0.25, 0.3) is 0 Å². The standard InChI is InChI=1S/C62H32N8O/c63-32-36-15-21-54-44(26-36)42-8-1-4-12-52(42)68(54)39-19-24-57-47(29-39)46-28-38(34-65)17-23-56(46)69(57)40-18-20-49-59(31-40)71-58-14-6-3-10-48(58)62(49)50-11-7-25-66-60(50)61-51(62)30-41(35-67-61)70-53-13-5-2-9-43(53)45-27-37(33-64)16-22-55(45)70/h1-31,35H. The Morgan fingerprint density at radius 3 is 1.49 bits per heavy atom. The van der Waals surface area contributed by atoms with Crippen molar-refractivity contribution in [1.82, 2.24) is 23.7 Å². The Morgan fingerprint density at radius 1 is 0.366 bits per heavy atom. The van der Waals surface area contributed by atoms with Gasteiger partial charge in [0.05, 0.1) is 96.7 Å². The molecule has 0 saturated carbocycles. The van der Waals surface area contributed by atoms with Gasteiger partial charge in [0.2, 0.25) is 0 Å². The average Bonchev–Trinajstić information content (AvgIpc) is 4.14. The van der Waals surface area contributed by atoms with Crippen molar-refractivity contribution in [2.24, 2.45) is 0 Å². The van der Waals surface area contributed by atoms with Gasteiger partial charge in [-0.05, 0) is 115 Å². The molecule has 0 amide bonds. The van der Waals surface area contributed by atoms with Crippen molar-refractivity contribution in [2.75, 3.05) is 0 Å². The summed E-state index contributed by atoms with van der Waals surface area (Å²) >= 11 is 0. The zero-order valence-corrected chi connectivity index (χ0v) is 37.5. The molecule has 9 nitrogen and oxygen atoms in total. The van der Waals surface area contributed by atoms with Crippen LogP contribution in [-0.2, 0) is 5.41 Å². The summed E-state index contributed by atoms with van der Waals surface area (Å²) in [7, 11) is 0. The molecule has 2 aliphatic rings. The van der Waals surface area contributed by atoms with Crippen molar-refractivity contribution in [3.8, 4) is 58.2 Å². The molecule has 1 atom stereocenters. The lowest BCUT2D eigenvalue weighted by molar-refractivity contribution is 0.436. The van der Waals surface area contributed by atoms with E-state index in [1.54, 1.807) is 0 Å². The second kappa shape index (κ2) is 14.1. The van der Waals surface area contributed by atoms with Gasteiger partial charge in [-0.25, -0.2) is 0 Å². The maximum Gasteiger partial charge on any atom is 0.134 e. The van der Waals surface area contributed by atoms with Gasteiger partial charge in [-0.2, -0.15) is 15.8 Å². The van der Waals surface area contributed by atoms with Crippen LogP contribution in [0.4, 0.5) is 0 Å². The van der Waals surface area contributed by atoms with Crippen LogP contribution >= 0.6 is 0 Å². The molecule has 0 bridgehead atoms. The Bertz CT molecular complexity index is 4680. The number of hydrogen-bond acceptors (Lipinski definition) is 6. The number of nitrogens with zero attached hydrogens (tertiary/aromatic N) is 8. The van der Waals surface area contributed by atoms with Crippen LogP contribution in [0.25, 0.3) is 93.9 Å². The molecule has 5 aromatic heterocycles. The molecule has 1 aliphatic heterocycles. The van der Waals surface area contributed by atoms with E-state index in [0.717, 1.165) is 122 Å². The average molecular weight is 905 g/mol. The highest BCUT2D eigenvalue weighted by Gasteiger charge is 2.52. The smallest absolute Gasteiger partial charge is 0.134 e. The second-order valence-corrected chi connectivity index (χ2v) is 18.3.